The smallest absolute Gasteiger partial charge is 0.478 e. The molecule has 1 heterocycles. The molecule has 2 aromatic carbocycles. The highest BCUT2D eigenvalue weighted by molar-refractivity contribution is 5.88. The number of nitrogens with zero attached hydrogens (tertiary/aromatic N) is 2. The fourth-order valence-corrected chi connectivity index (χ4v) is 2.25. The molecule has 0 radical (unpaired) electrons. The van der Waals surface area contributed by atoms with Crippen molar-refractivity contribution in [3.8, 4) is 28.4 Å². The minimum atomic E-state index is -4.74. The molecular weight excluding hydrogens is 349 g/mol. The molecule has 0 saturated heterocycles. The summed E-state index contributed by atoms with van der Waals surface area (Å²) in [5.74, 6) is -0.984. The molecule has 0 aliphatic heterocycles. The predicted molar refractivity (Wildman–Crippen MR) is 86.5 cm³/mol. The number of ether oxygens (including phenoxy) is 1. The van der Waals surface area contributed by atoms with Crippen LogP contribution in [0.25, 0.3) is 22.6 Å². The molecule has 0 fully saturated rings. The first-order chi connectivity index (χ1) is 12.3. The van der Waals surface area contributed by atoms with E-state index in [2.05, 4.69) is 14.7 Å². The lowest BCUT2D eigenvalue weighted by Gasteiger charge is -2.09. The van der Waals surface area contributed by atoms with Crippen LogP contribution in [-0.4, -0.2) is 27.4 Å². The molecular formula is C18H11F3N2O3. The van der Waals surface area contributed by atoms with E-state index in [0.29, 0.717) is 22.6 Å². The number of rotatable bonds is 4. The van der Waals surface area contributed by atoms with Crippen LogP contribution in [0.5, 0.6) is 5.75 Å². The number of carbonyl (C=O) groups is 1. The summed E-state index contributed by atoms with van der Waals surface area (Å²) >= 11 is 0. The second-order valence-corrected chi connectivity index (χ2v) is 5.22. The van der Waals surface area contributed by atoms with Crippen molar-refractivity contribution in [3.05, 3.63) is 66.4 Å². The monoisotopic (exact) mass is 360 g/mol. The first-order valence-corrected chi connectivity index (χ1v) is 7.35. The van der Waals surface area contributed by atoms with Crippen molar-refractivity contribution in [3.63, 3.8) is 0 Å². The largest absolute Gasteiger partial charge is 0.573 e. The molecule has 3 rings (SSSR count). The van der Waals surface area contributed by atoms with E-state index in [1.807, 2.05) is 0 Å². The normalized spacial score (nSPS) is 11.2. The number of hydrogen-bond acceptors (Lipinski definition) is 4. The lowest BCUT2D eigenvalue weighted by atomic mass is 10.1. The van der Waals surface area contributed by atoms with Crippen molar-refractivity contribution < 1.29 is 27.8 Å². The van der Waals surface area contributed by atoms with Gasteiger partial charge in [-0.3, -0.25) is 0 Å². The molecule has 8 heteroatoms. The summed E-state index contributed by atoms with van der Waals surface area (Å²) < 4.78 is 40.4. The molecule has 3 aromatic rings. The Labute approximate surface area is 145 Å². The van der Waals surface area contributed by atoms with Gasteiger partial charge in [-0.15, -0.1) is 13.2 Å². The van der Waals surface area contributed by atoms with E-state index in [-0.39, 0.29) is 11.3 Å². The lowest BCUT2D eigenvalue weighted by Crippen LogP contribution is -2.16. The Bertz CT molecular complexity index is 924. The van der Waals surface area contributed by atoms with Crippen LogP contribution in [0.3, 0.4) is 0 Å². The highest BCUT2D eigenvalue weighted by Crippen LogP contribution is 2.26. The molecule has 0 saturated carbocycles. The number of hydrogen-bond donors (Lipinski definition) is 1. The summed E-state index contributed by atoms with van der Waals surface area (Å²) in [4.78, 5) is 19.4. The fourth-order valence-electron chi connectivity index (χ4n) is 2.25. The Hall–Kier alpha value is -3.42. The average molecular weight is 360 g/mol. The fraction of sp³-hybridized carbons (Fsp3) is 0.0556. The van der Waals surface area contributed by atoms with E-state index in [0.717, 1.165) is 0 Å². The zero-order valence-corrected chi connectivity index (χ0v) is 13.1. The lowest BCUT2D eigenvalue weighted by molar-refractivity contribution is -0.274. The molecule has 1 N–H and O–H groups in total. The third kappa shape index (κ3) is 4.15. The van der Waals surface area contributed by atoms with E-state index in [4.69, 9.17) is 5.11 Å². The molecule has 0 unspecified atom stereocenters. The van der Waals surface area contributed by atoms with Gasteiger partial charge in [-0.25, -0.2) is 14.8 Å². The number of alkyl halides is 3. The second-order valence-electron chi connectivity index (χ2n) is 5.22. The minimum absolute atomic E-state index is 0.144. The highest BCUT2D eigenvalue weighted by Gasteiger charge is 2.30. The zero-order valence-electron chi connectivity index (χ0n) is 13.1. The van der Waals surface area contributed by atoms with Crippen LogP contribution in [-0.2, 0) is 0 Å². The number of aromatic carboxylic acids is 1. The quantitative estimate of drug-likeness (QED) is 0.746. The first kappa shape index (κ1) is 17.4. The average Bonchev–Trinajstić information content (AvgIpc) is 2.61. The summed E-state index contributed by atoms with van der Waals surface area (Å²) in [6.45, 7) is 0. The van der Waals surface area contributed by atoms with Gasteiger partial charge in [-0.1, -0.05) is 12.1 Å². The Balaban J connectivity index is 1.86. The van der Waals surface area contributed by atoms with Gasteiger partial charge in [0.2, 0.25) is 0 Å². The molecule has 132 valence electrons. The van der Waals surface area contributed by atoms with Gasteiger partial charge >= 0.3 is 12.3 Å². The molecule has 0 spiro atoms. The van der Waals surface area contributed by atoms with Gasteiger partial charge in [0.1, 0.15) is 5.75 Å². The molecule has 0 aliphatic rings. The Morgan fingerprint density at radius 1 is 0.923 bits per heavy atom. The number of aromatic nitrogens is 2. The van der Waals surface area contributed by atoms with Crippen molar-refractivity contribution >= 4 is 5.97 Å². The summed E-state index contributed by atoms with van der Waals surface area (Å²) in [6, 6.07) is 13.0. The van der Waals surface area contributed by atoms with Gasteiger partial charge in [-0.2, -0.15) is 0 Å². The molecule has 0 aliphatic carbocycles. The van der Waals surface area contributed by atoms with Crippen LogP contribution < -0.4 is 4.74 Å². The topological polar surface area (TPSA) is 72.3 Å². The van der Waals surface area contributed by atoms with Gasteiger partial charge in [0.15, 0.2) is 5.82 Å². The third-order valence-corrected chi connectivity index (χ3v) is 3.43. The van der Waals surface area contributed by atoms with Gasteiger partial charge in [0, 0.05) is 17.3 Å². The van der Waals surface area contributed by atoms with Crippen molar-refractivity contribution in [1.82, 2.24) is 9.97 Å². The number of halogens is 3. The second kappa shape index (κ2) is 6.83. The van der Waals surface area contributed by atoms with Crippen LogP contribution >= 0.6 is 0 Å². The predicted octanol–water partition coefficient (Wildman–Crippen LogP) is 4.41. The number of benzene rings is 2. The van der Waals surface area contributed by atoms with Crippen molar-refractivity contribution in [1.29, 1.82) is 0 Å². The van der Waals surface area contributed by atoms with E-state index >= 15 is 0 Å². The van der Waals surface area contributed by atoms with Crippen LogP contribution in [0, 0.1) is 0 Å². The van der Waals surface area contributed by atoms with E-state index < -0.39 is 12.3 Å². The number of carboxylic acids is 1. The molecule has 0 atom stereocenters. The molecule has 0 amide bonds. The minimum Gasteiger partial charge on any atom is -0.478 e. The summed E-state index contributed by atoms with van der Waals surface area (Å²) in [5, 5.41) is 8.92. The molecule has 0 bridgehead atoms. The Morgan fingerprint density at radius 2 is 1.54 bits per heavy atom. The van der Waals surface area contributed by atoms with Crippen LogP contribution in [0.15, 0.2) is 60.8 Å². The Kier molecular flexibility index (Phi) is 4.57. The summed E-state index contributed by atoms with van der Waals surface area (Å²) in [5.41, 5.74) is 1.86. The SMILES string of the molecule is O=C(O)c1ccc(-c2nccc(-c3ccc(OC(F)(F)F)cc3)n2)cc1. The molecule has 26 heavy (non-hydrogen) atoms. The number of carboxylic acid groups (broad SMARTS) is 1. The van der Waals surface area contributed by atoms with E-state index in [1.165, 1.54) is 42.6 Å². The molecule has 5 nitrogen and oxygen atoms in total. The third-order valence-electron chi connectivity index (χ3n) is 3.43. The van der Waals surface area contributed by atoms with Crippen LogP contribution in [0.1, 0.15) is 10.4 Å². The van der Waals surface area contributed by atoms with Gasteiger partial charge in [0.25, 0.3) is 0 Å². The highest BCUT2D eigenvalue weighted by atomic mass is 19.4. The van der Waals surface area contributed by atoms with Crippen LogP contribution in [0.2, 0.25) is 0 Å². The zero-order chi connectivity index (χ0) is 18.7. The van der Waals surface area contributed by atoms with Gasteiger partial charge in [0.05, 0.1) is 11.3 Å². The maximum atomic E-state index is 12.2. The summed E-state index contributed by atoms with van der Waals surface area (Å²) in [6.07, 6.45) is -3.23. The Morgan fingerprint density at radius 3 is 2.12 bits per heavy atom. The summed E-state index contributed by atoms with van der Waals surface area (Å²) in [7, 11) is 0. The van der Waals surface area contributed by atoms with Crippen LogP contribution in [0.4, 0.5) is 13.2 Å². The maximum Gasteiger partial charge on any atom is 0.573 e. The standard InChI is InChI=1S/C18H11F3N2O3/c19-18(20,21)26-14-7-5-11(6-8-14)15-9-10-22-16(23-15)12-1-3-13(4-2-12)17(24)25/h1-10H,(H,24,25). The van der Waals surface area contributed by atoms with Crippen molar-refractivity contribution in [2.45, 2.75) is 6.36 Å². The maximum absolute atomic E-state index is 12.2. The van der Waals surface area contributed by atoms with Crippen molar-refractivity contribution in [2.24, 2.45) is 0 Å². The van der Waals surface area contributed by atoms with E-state index in [9.17, 15) is 18.0 Å². The van der Waals surface area contributed by atoms with Gasteiger partial charge in [-0.05, 0) is 42.5 Å². The van der Waals surface area contributed by atoms with Crippen molar-refractivity contribution in [2.75, 3.05) is 0 Å². The first-order valence-electron chi connectivity index (χ1n) is 7.35. The van der Waals surface area contributed by atoms with E-state index in [1.54, 1.807) is 18.2 Å². The molecule has 1 aromatic heterocycles. The van der Waals surface area contributed by atoms with Gasteiger partial charge < -0.3 is 9.84 Å².